The molecule has 0 heterocycles. The molecule has 176 valence electrons. The van der Waals surface area contributed by atoms with Gasteiger partial charge in [0.05, 0.1) is 0 Å². The molecule has 1 unspecified atom stereocenters. The van der Waals surface area contributed by atoms with E-state index in [2.05, 4.69) is 62.8 Å². The van der Waals surface area contributed by atoms with Gasteiger partial charge in [0.15, 0.2) is 0 Å². The van der Waals surface area contributed by atoms with Crippen LogP contribution in [-0.2, 0) is 4.43 Å². The predicted octanol–water partition coefficient (Wildman–Crippen LogP) is 5.48. The minimum Gasteiger partial charge on any atom is -0.416 e. The molecule has 4 nitrogen and oxygen atoms in total. The Morgan fingerprint density at radius 2 is 0.931 bits per heavy atom. The third-order valence-electron chi connectivity index (χ3n) is 5.86. The van der Waals surface area contributed by atoms with Gasteiger partial charge in [-0.15, -0.1) is 0 Å². The van der Waals surface area contributed by atoms with Crippen LogP contribution in [-0.4, -0.2) is 88.2 Å². The number of rotatable bonds is 21. The summed E-state index contributed by atoms with van der Waals surface area (Å²) < 4.78 is 6.29. The van der Waals surface area contributed by atoms with Gasteiger partial charge in [-0.3, -0.25) is 0 Å². The van der Waals surface area contributed by atoms with Crippen molar-refractivity contribution in [3.8, 4) is 0 Å². The van der Waals surface area contributed by atoms with Gasteiger partial charge < -0.3 is 19.1 Å². The van der Waals surface area contributed by atoms with E-state index in [1.54, 1.807) is 0 Å². The molecule has 0 N–H and O–H groups in total. The van der Waals surface area contributed by atoms with E-state index in [9.17, 15) is 0 Å². The molecule has 0 fully saturated rings. The standard InChI is InChI=1S/C24H55N3OSi/c1-8-16-25(17-9-2)20-14-22-27(24-29(7,13-6)28-12-5)23-15-21-26(18-10-3)19-11-4/h8-24H2,1-7H3. The lowest BCUT2D eigenvalue weighted by Gasteiger charge is -2.34. The summed E-state index contributed by atoms with van der Waals surface area (Å²) in [7, 11) is -1.60. The van der Waals surface area contributed by atoms with Crippen LogP contribution < -0.4 is 0 Å². The van der Waals surface area contributed by atoms with Crippen LogP contribution in [0.1, 0.15) is 80.1 Å². The summed E-state index contributed by atoms with van der Waals surface area (Å²) in [6, 6.07) is 1.22. The lowest BCUT2D eigenvalue weighted by Crippen LogP contribution is -2.48. The zero-order valence-electron chi connectivity index (χ0n) is 21.3. The predicted molar refractivity (Wildman–Crippen MR) is 133 cm³/mol. The Morgan fingerprint density at radius 1 is 0.552 bits per heavy atom. The van der Waals surface area contributed by atoms with Crippen LogP contribution in [0.5, 0.6) is 0 Å². The smallest absolute Gasteiger partial charge is 0.203 e. The van der Waals surface area contributed by atoms with E-state index in [0.29, 0.717) is 0 Å². The number of hydrogen-bond donors (Lipinski definition) is 0. The van der Waals surface area contributed by atoms with Crippen molar-refractivity contribution < 1.29 is 4.43 Å². The van der Waals surface area contributed by atoms with Crippen molar-refractivity contribution in [2.75, 3.05) is 65.1 Å². The van der Waals surface area contributed by atoms with E-state index in [4.69, 9.17) is 4.43 Å². The molecular formula is C24H55N3OSi. The Bertz CT molecular complexity index is 325. The average Bonchev–Trinajstić information content (AvgIpc) is 2.68. The molecule has 0 aromatic heterocycles. The third kappa shape index (κ3) is 14.7. The van der Waals surface area contributed by atoms with Gasteiger partial charge in [0.1, 0.15) is 0 Å². The normalized spacial score (nSPS) is 14.3. The molecule has 0 aromatic carbocycles. The Kier molecular flexibility index (Phi) is 18.8. The van der Waals surface area contributed by atoms with Crippen LogP contribution in [0.2, 0.25) is 12.6 Å². The highest BCUT2D eigenvalue weighted by molar-refractivity contribution is 6.72. The van der Waals surface area contributed by atoms with E-state index in [0.717, 1.165) is 6.61 Å². The first-order chi connectivity index (χ1) is 14.0. The summed E-state index contributed by atoms with van der Waals surface area (Å²) in [6.07, 6.45) is 8.82. The van der Waals surface area contributed by atoms with Crippen molar-refractivity contribution in [2.24, 2.45) is 0 Å². The molecule has 0 saturated heterocycles. The molecule has 1 atom stereocenters. The first-order valence-corrected chi connectivity index (χ1v) is 15.6. The summed E-state index contributed by atoms with van der Waals surface area (Å²) in [5, 5.41) is 0. The molecule has 0 aliphatic heterocycles. The molecule has 29 heavy (non-hydrogen) atoms. The van der Waals surface area contributed by atoms with Gasteiger partial charge in [-0.2, -0.15) is 0 Å². The van der Waals surface area contributed by atoms with Crippen LogP contribution in [0.4, 0.5) is 0 Å². The topological polar surface area (TPSA) is 19.0 Å². The molecule has 0 spiro atoms. The molecule has 5 heteroatoms. The van der Waals surface area contributed by atoms with Crippen molar-refractivity contribution in [2.45, 2.75) is 92.7 Å². The molecule has 0 amide bonds. The Labute approximate surface area is 185 Å². The Hall–Kier alpha value is 0.0569. The van der Waals surface area contributed by atoms with Gasteiger partial charge >= 0.3 is 0 Å². The van der Waals surface area contributed by atoms with Gasteiger partial charge in [0, 0.05) is 12.8 Å². The second-order valence-electron chi connectivity index (χ2n) is 8.90. The zero-order valence-corrected chi connectivity index (χ0v) is 22.3. The van der Waals surface area contributed by atoms with Crippen molar-refractivity contribution in [1.29, 1.82) is 0 Å². The van der Waals surface area contributed by atoms with Gasteiger partial charge in [-0.1, -0.05) is 34.6 Å². The monoisotopic (exact) mass is 429 g/mol. The zero-order chi connectivity index (χ0) is 22.0. The highest BCUT2D eigenvalue weighted by Crippen LogP contribution is 2.14. The molecule has 0 radical (unpaired) electrons. The van der Waals surface area contributed by atoms with E-state index in [-0.39, 0.29) is 0 Å². The first kappa shape index (κ1) is 29.1. The van der Waals surface area contributed by atoms with E-state index in [1.807, 2.05) is 0 Å². The fraction of sp³-hybridized carbons (Fsp3) is 1.00. The molecular weight excluding hydrogens is 374 g/mol. The lowest BCUT2D eigenvalue weighted by molar-refractivity contribution is 0.211. The first-order valence-electron chi connectivity index (χ1n) is 12.8. The quantitative estimate of drug-likeness (QED) is 0.225. The van der Waals surface area contributed by atoms with E-state index < -0.39 is 8.32 Å². The maximum atomic E-state index is 6.29. The SMILES string of the molecule is CCCN(CCC)CCCN(CCCN(CCC)CCC)C[Si](C)(CC)OCC. The van der Waals surface area contributed by atoms with Crippen LogP contribution in [0, 0.1) is 0 Å². The second kappa shape index (κ2) is 18.8. The average molecular weight is 430 g/mol. The van der Waals surface area contributed by atoms with Gasteiger partial charge in [0.25, 0.3) is 0 Å². The molecule has 0 aromatic rings. The summed E-state index contributed by atoms with van der Waals surface area (Å²) in [5.74, 6) is 0. The van der Waals surface area contributed by atoms with Crippen molar-refractivity contribution >= 4 is 8.32 Å². The molecule has 0 rings (SSSR count). The molecule has 0 aliphatic rings. The van der Waals surface area contributed by atoms with Crippen LogP contribution in [0.15, 0.2) is 0 Å². The summed E-state index contributed by atoms with van der Waals surface area (Å²) in [4.78, 5) is 8.06. The summed E-state index contributed by atoms with van der Waals surface area (Å²) >= 11 is 0. The van der Waals surface area contributed by atoms with Gasteiger partial charge in [-0.05, 0) is 110 Å². The highest BCUT2D eigenvalue weighted by atomic mass is 28.4. The Balaban J connectivity index is 4.74. The Morgan fingerprint density at radius 3 is 1.24 bits per heavy atom. The van der Waals surface area contributed by atoms with Crippen LogP contribution in [0.25, 0.3) is 0 Å². The molecule has 0 saturated carbocycles. The largest absolute Gasteiger partial charge is 0.416 e. The maximum absolute atomic E-state index is 6.29. The fourth-order valence-corrected chi connectivity index (χ4v) is 6.80. The molecule has 0 aliphatic carbocycles. The van der Waals surface area contributed by atoms with Crippen molar-refractivity contribution in [3.05, 3.63) is 0 Å². The van der Waals surface area contributed by atoms with Crippen LogP contribution in [0.3, 0.4) is 0 Å². The fourth-order valence-electron chi connectivity index (χ4n) is 4.32. The van der Waals surface area contributed by atoms with Gasteiger partial charge in [-0.25, -0.2) is 0 Å². The second-order valence-corrected chi connectivity index (χ2v) is 13.1. The van der Waals surface area contributed by atoms with Crippen molar-refractivity contribution in [1.82, 2.24) is 14.7 Å². The third-order valence-corrected chi connectivity index (χ3v) is 9.45. The summed E-state index contributed by atoms with van der Waals surface area (Å²) in [5.41, 5.74) is 0. The van der Waals surface area contributed by atoms with Crippen molar-refractivity contribution in [3.63, 3.8) is 0 Å². The van der Waals surface area contributed by atoms with Gasteiger partial charge in [0.2, 0.25) is 8.32 Å². The molecule has 0 bridgehead atoms. The van der Waals surface area contributed by atoms with Crippen LogP contribution >= 0.6 is 0 Å². The number of nitrogens with zero attached hydrogens (tertiary/aromatic N) is 3. The summed E-state index contributed by atoms with van der Waals surface area (Å²) in [6.45, 7) is 26.9. The minimum absolute atomic E-state index is 0.867. The van der Waals surface area contributed by atoms with E-state index >= 15 is 0 Å². The maximum Gasteiger partial charge on any atom is 0.203 e. The lowest BCUT2D eigenvalue weighted by atomic mass is 10.2. The highest BCUT2D eigenvalue weighted by Gasteiger charge is 2.29. The number of hydrogen-bond acceptors (Lipinski definition) is 4. The minimum atomic E-state index is -1.60. The van der Waals surface area contributed by atoms with E-state index in [1.165, 1.54) is 103 Å².